The SMILES string of the molecule is C(=Cc1ccccn1)c1ccc(-c2c3ccccc3c(-c3ccc(N(c4ccccc4)c4cccc5ccccc45)cc3)c3ccccc23)cc1. The largest absolute Gasteiger partial charge is 0.310 e. The molecule has 8 aromatic carbocycles. The molecule has 2 nitrogen and oxygen atoms in total. The van der Waals surface area contributed by atoms with Crippen LogP contribution in [-0.2, 0) is 0 Å². The van der Waals surface area contributed by atoms with Gasteiger partial charge in [0.2, 0.25) is 0 Å². The van der Waals surface area contributed by atoms with E-state index in [-0.39, 0.29) is 0 Å². The fraction of sp³-hybridized carbons (Fsp3) is 0. The van der Waals surface area contributed by atoms with Crippen LogP contribution in [0.2, 0.25) is 0 Å². The molecular formula is C49H34N2. The minimum Gasteiger partial charge on any atom is -0.310 e. The molecule has 0 atom stereocenters. The molecule has 0 aliphatic rings. The van der Waals surface area contributed by atoms with Gasteiger partial charge in [-0.2, -0.15) is 0 Å². The van der Waals surface area contributed by atoms with Crippen LogP contribution in [0.5, 0.6) is 0 Å². The molecule has 0 spiro atoms. The molecule has 0 saturated heterocycles. The van der Waals surface area contributed by atoms with Gasteiger partial charge in [-0.3, -0.25) is 4.98 Å². The minimum atomic E-state index is 0.948. The van der Waals surface area contributed by atoms with Crippen molar-refractivity contribution < 1.29 is 0 Å². The molecule has 0 fully saturated rings. The number of aromatic nitrogens is 1. The Hall–Kier alpha value is -6.77. The smallest absolute Gasteiger partial charge is 0.0629 e. The zero-order valence-corrected chi connectivity index (χ0v) is 28.0. The van der Waals surface area contributed by atoms with Gasteiger partial charge in [-0.15, -0.1) is 0 Å². The van der Waals surface area contributed by atoms with E-state index in [1.54, 1.807) is 0 Å². The lowest BCUT2D eigenvalue weighted by Crippen LogP contribution is -2.10. The lowest BCUT2D eigenvalue weighted by atomic mass is 9.86. The van der Waals surface area contributed by atoms with Crippen LogP contribution in [0.3, 0.4) is 0 Å². The molecule has 2 heteroatoms. The molecular weight excluding hydrogens is 617 g/mol. The third-order valence-corrected chi connectivity index (χ3v) is 9.70. The molecule has 0 N–H and O–H groups in total. The number of hydrogen-bond acceptors (Lipinski definition) is 2. The van der Waals surface area contributed by atoms with E-state index < -0.39 is 0 Å². The van der Waals surface area contributed by atoms with Gasteiger partial charge in [0.05, 0.1) is 11.4 Å². The highest BCUT2D eigenvalue weighted by Crippen LogP contribution is 2.45. The Morgan fingerprint density at radius 3 is 1.49 bits per heavy atom. The van der Waals surface area contributed by atoms with Gasteiger partial charge in [0, 0.05) is 23.0 Å². The first kappa shape index (κ1) is 30.3. The van der Waals surface area contributed by atoms with Crippen LogP contribution in [0.4, 0.5) is 17.1 Å². The first-order valence-electron chi connectivity index (χ1n) is 17.4. The zero-order chi connectivity index (χ0) is 34.0. The van der Waals surface area contributed by atoms with Gasteiger partial charge in [0.15, 0.2) is 0 Å². The Kier molecular flexibility index (Phi) is 7.88. The molecule has 51 heavy (non-hydrogen) atoms. The number of hydrogen-bond donors (Lipinski definition) is 0. The molecule has 0 aliphatic heterocycles. The molecule has 9 rings (SSSR count). The number of benzene rings is 8. The van der Waals surface area contributed by atoms with Crippen molar-refractivity contribution >= 4 is 61.5 Å². The van der Waals surface area contributed by atoms with Crippen molar-refractivity contribution in [1.82, 2.24) is 4.98 Å². The topological polar surface area (TPSA) is 16.1 Å². The van der Waals surface area contributed by atoms with Crippen molar-refractivity contribution in [3.63, 3.8) is 0 Å². The van der Waals surface area contributed by atoms with Gasteiger partial charge in [0.1, 0.15) is 0 Å². The number of rotatable bonds is 7. The summed E-state index contributed by atoms with van der Waals surface area (Å²) in [6.45, 7) is 0. The van der Waals surface area contributed by atoms with Crippen LogP contribution in [0.25, 0.3) is 66.7 Å². The summed E-state index contributed by atoms with van der Waals surface area (Å²) in [5.74, 6) is 0. The summed E-state index contributed by atoms with van der Waals surface area (Å²) in [7, 11) is 0. The molecule has 9 aromatic rings. The monoisotopic (exact) mass is 650 g/mol. The van der Waals surface area contributed by atoms with Gasteiger partial charge in [-0.05, 0) is 103 Å². The Balaban J connectivity index is 1.16. The Bertz CT molecular complexity index is 2600. The highest BCUT2D eigenvalue weighted by molar-refractivity contribution is 6.21. The van der Waals surface area contributed by atoms with Crippen molar-refractivity contribution in [3.8, 4) is 22.3 Å². The van der Waals surface area contributed by atoms with E-state index in [0.29, 0.717) is 0 Å². The summed E-state index contributed by atoms with van der Waals surface area (Å²) < 4.78 is 0. The maximum Gasteiger partial charge on any atom is 0.0629 e. The van der Waals surface area contributed by atoms with E-state index in [1.165, 1.54) is 54.6 Å². The number of nitrogens with zero attached hydrogens (tertiary/aromatic N) is 2. The average Bonchev–Trinajstić information content (AvgIpc) is 3.21. The first-order valence-corrected chi connectivity index (χ1v) is 17.4. The van der Waals surface area contributed by atoms with Gasteiger partial charge in [-0.25, -0.2) is 0 Å². The predicted molar refractivity (Wildman–Crippen MR) is 218 cm³/mol. The van der Waals surface area contributed by atoms with Crippen LogP contribution in [0, 0.1) is 0 Å². The molecule has 240 valence electrons. The van der Waals surface area contributed by atoms with E-state index in [0.717, 1.165) is 28.3 Å². The first-order chi connectivity index (χ1) is 25.3. The summed E-state index contributed by atoms with van der Waals surface area (Å²) >= 11 is 0. The quantitative estimate of drug-likeness (QED) is 0.160. The molecule has 0 amide bonds. The zero-order valence-electron chi connectivity index (χ0n) is 28.0. The van der Waals surface area contributed by atoms with Crippen molar-refractivity contribution in [3.05, 3.63) is 206 Å². The van der Waals surface area contributed by atoms with E-state index in [1.807, 2.05) is 24.4 Å². The maximum atomic E-state index is 4.42. The van der Waals surface area contributed by atoms with Gasteiger partial charge >= 0.3 is 0 Å². The second-order valence-corrected chi connectivity index (χ2v) is 12.8. The molecule has 0 saturated carbocycles. The highest BCUT2D eigenvalue weighted by Gasteiger charge is 2.18. The maximum absolute atomic E-state index is 4.42. The molecule has 1 aromatic heterocycles. The van der Waals surface area contributed by atoms with E-state index >= 15 is 0 Å². The number of para-hydroxylation sites is 1. The standard InChI is InChI=1S/C49H34N2/c1-2-16-40(17-3-1)51(47-23-12-14-36-13-4-5-18-42(36)47)41-32-29-38(30-33-41)49-45-21-8-6-19-43(45)48(44-20-7-9-22-46(44)49)37-27-24-35(25-28-37)26-31-39-15-10-11-34-50-39/h1-34H. The Labute approximate surface area is 298 Å². The van der Waals surface area contributed by atoms with Crippen LogP contribution in [-0.4, -0.2) is 4.98 Å². The summed E-state index contributed by atoms with van der Waals surface area (Å²) in [6, 6.07) is 67.4. The van der Waals surface area contributed by atoms with Crippen LogP contribution in [0.1, 0.15) is 11.3 Å². The van der Waals surface area contributed by atoms with Gasteiger partial charge < -0.3 is 4.90 Å². The van der Waals surface area contributed by atoms with Gasteiger partial charge in [-0.1, -0.05) is 152 Å². The van der Waals surface area contributed by atoms with E-state index in [4.69, 9.17) is 0 Å². The van der Waals surface area contributed by atoms with Crippen molar-refractivity contribution in [2.75, 3.05) is 4.90 Å². The van der Waals surface area contributed by atoms with Crippen molar-refractivity contribution in [1.29, 1.82) is 0 Å². The highest BCUT2D eigenvalue weighted by atomic mass is 15.1. The van der Waals surface area contributed by atoms with Crippen molar-refractivity contribution in [2.45, 2.75) is 0 Å². The number of anilines is 3. The Morgan fingerprint density at radius 2 is 0.882 bits per heavy atom. The molecule has 1 heterocycles. The number of pyridine rings is 1. The summed E-state index contributed by atoms with van der Waals surface area (Å²) in [5.41, 5.74) is 10.4. The summed E-state index contributed by atoms with van der Waals surface area (Å²) in [6.07, 6.45) is 6.00. The normalized spacial score (nSPS) is 11.5. The van der Waals surface area contributed by atoms with Crippen LogP contribution >= 0.6 is 0 Å². The predicted octanol–water partition coefficient (Wildman–Crippen LogP) is 13.5. The van der Waals surface area contributed by atoms with Gasteiger partial charge in [0.25, 0.3) is 0 Å². The fourth-order valence-corrected chi connectivity index (χ4v) is 7.35. The second-order valence-electron chi connectivity index (χ2n) is 12.8. The minimum absolute atomic E-state index is 0.948. The second kappa shape index (κ2) is 13.3. The lowest BCUT2D eigenvalue weighted by molar-refractivity contribution is 1.30. The summed E-state index contributed by atoms with van der Waals surface area (Å²) in [4.78, 5) is 6.78. The Morgan fingerprint density at radius 1 is 0.373 bits per heavy atom. The van der Waals surface area contributed by atoms with E-state index in [9.17, 15) is 0 Å². The van der Waals surface area contributed by atoms with E-state index in [2.05, 4.69) is 192 Å². The third-order valence-electron chi connectivity index (χ3n) is 9.70. The molecule has 0 bridgehead atoms. The lowest BCUT2D eigenvalue weighted by Gasteiger charge is -2.27. The van der Waals surface area contributed by atoms with Crippen LogP contribution < -0.4 is 4.90 Å². The molecule has 0 radical (unpaired) electrons. The average molecular weight is 651 g/mol. The molecule has 0 aliphatic carbocycles. The number of fused-ring (bicyclic) bond motifs is 3. The van der Waals surface area contributed by atoms with Crippen molar-refractivity contribution in [2.24, 2.45) is 0 Å². The molecule has 0 unspecified atom stereocenters. The third kappa shape index (κ3) is 5.73. The fourth-order valence-electron chi connectivity index (χ4n) is 7.35. The van der Waals surface area contributed by atoms with Crippen LogP contribution in [0.15, 0.2) is 194 Å². The summed E-state index contributed by atoms with van der Waals surface area (Å²) in [5, 5.41) is 7.42.